The van der Waals surface area contributed by atoms with Gasteiger partial charge in [0.2, 0.25) is 0 Å². The van der Waals surface area contributed by atoms with Crippen LogP contribution in [0.15, 0.2) is 35.3 Å². The molecule has 0 N–H and O–H groups in total. The van der Waals surface area contributed by atoms with Gasteiger partial charge in [-0.3, -0.25) is 9.79 Å². The first-order valence-corrected chi connectivity index (χ1v) is 9.70. The van der Waals surface area contributed by atoms with Crippen LogP contribution in [-0.2, 0) is 9.53 Å². The van der Waals surface area contributed by atoms with Crippen molar-refractivity contribution in [3.8, 4) is 0 Å². The Balaban J connectivity index is 2.55. The van der Waals surface area contributed by atoms with E-state index < -0.39 is 23.8 Å². The lowest BCUT2D eigenvalue weighted by Crippen LogP contribution is -2.58. The SMILES string of the molecule is CC(C)CC1N=C(c2ccccc2)[C@H](C(C)C)N(C(=O)OC(C)(C)C)C1=O. The molecule has 2 amide bonds. The second-order valence-electron chi connectivity index (χ2n) is 8.90. The van der Waals surface area contributed by atoms with Crippen LogP contribution in [0.3, 0.4) is 0 Å². The van der Waals surface area contributed by atoms with Crippen LogP contribution in [0.2, 0.25) is 0 Å². The topological polar surface area (TPSA) is 59.0 Å². The highest BCUT2D eigenvalue weighted by molar-refractivity contribution is 6.13. The molecule has 5 heteroatoms. The molecule has 1 aromatic carbocycles. The van der Waals surface area contributed by atoms with E-state index in [4.69, 9.17) is 9.73 Å². The summed E-state index contributed by atoms with van der Waals surface area (Å²) in [5.41, 5.74) is 1.04. The van der Waals surface area contributed by atoms with Gasteiger partial charge in [0.1, 0.15) is 11.6 Å². The van der Waals surface area contributed by atoms with Crippen LogP contribution >= 0.6 is 0 Å². The average molecular weight is 373 g/mol. The number of rotatable bonds is 4. The molecule has 0 fully saturated rings. The molecule has 0 spiro atoms. The van der Waals surface area contributed by atoms with E-state index in [-0.39, 0.29) is 17.7 Å². The summed E-state index contributed by atoms with van der Waals surface area (Å²) in [5, 5.41) is 0. The maximum Gasteiger partial charge on any atom is 0.417 e. The molecule has 0 bridgehead atoms. The van der Waals surface area contributed by atoms with E-state index in [9.17, 15) is 9.59 Å². The highest BCUT2D eigenvalue weighted by Gasteiger charge is 2.44. The van der Waals surface area contributed by atoms with Crippen LogP contribution in [0.25, 0.3) is 0 Å². The number of carbonyl (C=O) groups excluding carboxylic acids is 2. The number of ether oxygens (including phenoxy) is 1. The second kappa shape index (κ2) is 8.24. The zero-order chi connectivity index (χ0) is 20.4. The third kappa shape index (κ3) is 5.18. The molecule has 148 valence electrons. The molecule has 1 aliphatic rings. The van der Waals surface area contributed by atoms with Crippen LogP contribution < -0.4 is 0 Å². The first-order chi connectivity index (χ1) is 12.5. The Morgan fingerprint density at radius 1 is 1.15 bits per heavy atom. The number of carbonyl (C=O) groups is 2. The summed E-state index contributed by atoms with van der Waals surface area (Å²) in [6.45, 7) is 13.5. The fourth-order valence-corrected chi connectivity index (χ4v) is 3.30. The fourth-order valence-electron chi connectivity index (χ4n) is 3.30. The zero-order valence-corrected chi connectivity index (χ0v) is 17.5. The largest absolute Gasteiger partial charge is 0.443 e. The predicted molar refractivity (Wildman–Crippen MR) is 108 cm³/mol. The van der Waals surface area contributed by atoms with Crippen molar-refractivity contribution in [1.82, 2.24) is 4.90 Å². The minimum absolute atomic E-state index is 0.0143. The van der Waals surface area contributed by atoms with E-state index in [1.807, 2.05) is 65.0 Å². The quantitative estimate of drug-likeness (QED) is 0.770. The number of imide groups is 1. The van der Waals surface area contributed by atoms with E-state index >= 15 is 0 Å². The maximum absolute atomic E-state index is 13.2. The highest BCUT2D eigenvalue weighted by atomic mass is 16.6. The van der Waals surface area contributed by atoms with E-state index in [1.165, 1.54) is 4.90 Å². The molecule has 2 atom stereocenters. The van der Waals surface area contributed by atoms with Crippen molar-refractivity contribution in [2.75, 3.05) is 0 Å². The monoisotopic (exact) mass is 372 g/mol. The third-order valence-electron chi connectivity index (χ3n) is 4.36. The number of amides is 2. The molecule has 5 nitrogen and oxygen atoms in total. The summed E-state index contributed by atoms with van der Waals surface area (Å²) in [6.07, 6.45) is 0.00233. The summed E-state index contributed by atoms with van der Waals surface area (Å²) in [4.78, 5) is 32.3. The standard InChI is InChI=1S/C22H32N2O3/c1-14(2)13-17-20(25)24(21(26)27-22(5,6)7)19(15(3)4)18(23-17)16-11-9-8-10-12-16/h8-12,14-15,17,19H,13H2,1-7H3/t17?,19-/m0/s1. The van der Waals surface area contributed by atoms with Gasteiger partial charge in [0.15, 0.2) is 0 Å². The summed E-state index contributed by atoms with van der Waals surface area (Å²) >= 11 is 0. The average Bonchev–Trinajstić information content (AvgIpc) is 2.54. The van der Waals surface area contributed by atoms with Crippen LogP contribution in [0.5, 0.6) is 0 Å². The molecule has 0 saturated carbocycles. The molecule has 1 unspecified atom stereocenters. The minimum atomic E-state index is -0.673. The Morgan fingerprint density at radius 2 is 1.74 bits per heavy atom. The van der Waals surface area contributed by atoms with Gasteiger partial charge in [0.05, 0.1) is 11.8 Å². The number of hydrogen-bond donors (Lipinski definition) is 0. The van der Waals surface area contributed by atoms with Crippen LogP contribution in [0.4, 0.5) is 4.79 Å². The molecular weight excluding hydrogens is 340 g/mol. The van der Waals surface area contributed by atoms with Crippen molar-refractivity contribution >= 4 is 17.7 Å². The molecule has 1 aromatic rings. The predicted octanol–water partition coefficient (Wildman–Crippen LogP) is 4.69. The van der Waals surface area contributed by atoms with Crippen molar-refractivity contribution in [2.45, 2.75) is 72.6 Å². The summed E-state index contributed by atoms with van der Waals surface area (Å²) < 4.78 is 5.58. The lowest BCUT2D eigenvalue weighted by atomic mass is 9.88. The smallest absolute Gasteiger partial charge is 0.417 e. The van der Waals surface area contributed by atoms with Gasteiger partial charge in [0.25, 0.3) is 5.91 Å². The lowest BCUT2D eigenvalue weighted by Gasteiger charge is -2.40. The van der Waals surface area contributed by atoms with E-state index in [0.717, 1.165) is 11.3 Å². The lowest BCUT2D eigenvalue weighted by molar-refractivity contribution is -0.134. The molecule has 1 aliphatic heterocycles. The van der Waals surface area contributed by atoms with Gasteiger partial charge in [0, 0.05) is 0 Å². The molecule has 2 rings (SSSR count). The zero-order valence-electron chi connectivity index (χ0n) is 17.5. The first-order valence-electron chi connectivity index (χ1n) is 9.70. The van der Waals surface area contributed by atoms with Gasteiger partial charge in [-0.1, -0.05) is 58.0 Å². The van der Waals surface area contributed by atoms with Crippen molar-refractivity contribution in [1.29, 1.82) is 0 Å². The number of hydrogen-bond acceptors (Lipinski definition) is 4. The number of aliphatic imine (C=N–C) groups is 1. The Labute approximate surface area is 162 Å². The van der Waals surface area contributed by atoms with Gasteiger partial charge in [-0.25, -0.2) is 9.69 Å². The maximum atomic E-state index is 13.2. The van der Waals surface area contributed by atoms with Crippen LogP contribution in [-0.4, -0.2) is 40.3 Å². The molecular formula is C22H32N2O3. The van der Waals surface area contributed by atoms with Gasteiger partial charge >= 0.3 is 6.09 Å². The third-order valence-corrected chi connectivity index (χ3v) is 4.36. The Hall–Kier alpha value is -2.17. The van der Waals surface area contributed by atoms with E-state index in [0.29, 0.717) is 6.42 Å². The van der Waals surface area contributed by atoms with Gasteiger partial charge in [-0.2, -0.15) is 0 Å². The van der Waals surface area contributed by atoms with Crippen LogP contribution in [0, 0.1) is 11.8 Å². The van der Waals surface area contributed by atoms with Gasteiger partial charge < -0.3 is 4.74 Å². The summed E-state index contributed by atoms with van der Waals surface area (Å²) in [5.74, 6) is 0.0348. The van der Waals surface area contributed by atoms with Crippen molar-refractivity contribution in [2.24, 2.45) is 16.8 Å². The Bertz CT molecular complexity index is 702. The molecule has 1 heterocycles. The minimum Gasteiger partial charge on any atom is -0.443 e. The van der Waals surface area contributed by atoms with Crippen LogP contribution in [0.1, 0.15) is 60.5 Å². The first kappa shape index (κ1) is 21.1. The van der Waals surface area contributed by atoms with Gasteiger partial charge in [-0.05, 0) is 44.6 Å². The van der Waals surface area contributed by atoms with Crippen molar-refractivity contribution < 1.29 is 14.3 Å². The Morgan fingerprint density at radius 3 is 2.22 bits per heavy atom. The van der Waals surface area contributed by atoms with E-state index in [1.54, 1.807) is 0 Å². The number of benzene rings is 1. The fraction of sp³-hybridized carbons (Fsp3) is 0.591. The molecule has 0 saturated heterocycles. The van der Waals surface area contributed by atoms with Crippen molar-refractivity contribution in [3.63, 3.8) is 0 Å². The van der Waals surface area contributed by atoms with Crippen molar-refractivity contribution in [3.05, 3.63) is 35.9 Å². The Kier molecular flexibility index (Phi) is 6.45. The summed E-state index contributed by atoms with van der Waals surface area (Å²) in [6, 6.07) is 8.77. The molecule has 0 aliphatic carbocycles. The highest BCUT2D eigenvalue weighted by Crippen LogP contribution is 2.28. The van der Waals surface area contributed by atoms with Gasteiger partial charge in [-0.15, -0.1) is 0 Å². The molecule has 0 aromatic heterocycles. The summed E-state index contributed by atoms with van der Waals surface area (Å²) in [7, 11) is 0. The molecule has 27 heavy (non-hydrogen) atoms. The number of nitrogens with zero attached hydrogens (tertiary/aromatic N) is 2. The molecule has 0 radical (unpaired) electrons. The second-order valence-corrected chi connectivity index (χ2v) is 8.90. The normalized spacial score (nSPS) is 20.9. The van der Waals surface area contributed by atoms with E-state index in [2.05, 4.69) is 13.8 Å².